The molecule has 132 valence electrons. The molecule has 1 aromatic heterocycles. The molecule has 0 fully saturated rings. The van der Waals surface area contributed by atoms with Crippen molar-refractivity contribution >= 4 is 0 Å². The van der Waals surface area contributed by atoms with Crippen LogP contribution in [0.5, 0.6) is 0 Å². The van der Waals surface area contributed by atoms with Gasteiger partial charge < -0.3 is 10.2 Å². The predicted molar refractivity (Wildman–Crippen MR) is 101 cm³/mol. The van der Waals surface area contributed by atoms with Crippen molar-refractivity contribution in [1.82, 2.24) is 15.2 Å². The molecule has 0 aliphatic carbocycles. The SMILES string of the molecule is CNCCCCCCCCCCCCN(C)Cc1ccccn1. The maximum Gasteiger partial charge on any atom is 0.0543 e. The molecule has 23 heavy (non-hydrogen) atoms. The molecule has 0 aliphatic rings. The lowest BCUT2D eigenvalue weighted by Crippen LogP contribution is -2.19. The summed E-state index contributed by atoms with van der Waals surface area (Å²) >= 11 is 0. The minimum atomic E-state index is 0.967. The van der Waals surface area contributed by atoms with Crippen molar-refractivity contribution in [2.24, 2.45) is 0 Å². The predicted octanol–water partition coefficient (Wildman–Crippen LogP) is 4.63. The molecule has 3 heteroatoms. The summed E-state index contributed by atoms with van der Waals surface area (Å²) in [6.07, 6.45) is 15.8. The van der Waals surface area contributed by atoms with Crippen molar-refractivity contribution in [3.05, 3.63) is 30.1 Å². The summed E-state index contributed by atoms with van der Waals surface area (Å²) < 4.78 is 0. The maximum atomic E-state index is 4.38. The molecule has 0 atom stereocenters. The fourth-order valence-electron chi connectivity index (χ4n) is 2.94. The highest BCUT2D eigenvalue weighted by Gasteiger charge is 2.00. The lowest BCUT2D eigenvalue weighted by Gasteiger charge is -2.15. The Bertz CT molecular complexity index is 353. The fourth-order valence-corrected chi connectivity index (χ4v) is 2.94. The van der Waals surface area contributed by atoms with Crippen LogP contribution in [0.4, 0.5) is 0 Å². The van der Waals surface area contributed by atoms with Crippen LogP contribution >= 0.6 is 0 Å². The smallest absolute Gasteiger partial charge is 0.0543 e. The summed E-state index contributed by atoms with van der Waals surface area (Å²) in [5.74, 6) is 0. The zero-order chi connectivity index (χ0) is 16.6. The first-order chi connectivity index (χ1) is 11.3. The molecule has 0 saturated carbocycles. The van der Waals surface area contributed by atoms with E-state index in [4.69, 9.17) is 0 Å². The Balaban J connectivity index is 1.82. The van der Waals surface area contributed by atoms with Crippen molar-refractivity contribution in [1.29, 1.82) is 0 Å². The lowest BCUT2D eigenvalue weighted by molar-refractivity contribution is 0.312. The molecule has 1 heterocycles. The molecule has 0 unspecified atom stereocenters. The summed E-state index contributed by atoms with van der Waals surface area (Å²) in [6, 6.07) is 6.15. The van der Waals surface area contributed by atoms with Crippen LogP contribution < -0.4 is 5.32 Å². The van der Waals surface area contributed by atoms with E-state index < -0.39 is 0 Å². The third-order valence-corrected chi connectivity index (χ3v) is 4.37. The molecule has 1 aromatic rings. The van der Waals surface area contributed by atoms with E-state index in [9.17, 15) is 0 Å². The van der Waals surface area contributed by atoms with Gasteiger partial charge in [-0.2, -0.15) is 0 Å². The summed E-state index contributed by atoms with van der Waals surface area (Å²) in [5.41, 5.74) is 1.17. The van der Waals surface area contributed by atoms with Gasteiger partial charge >= 0.3 is 0 Å². The number of rotatable bonds is 15. The van der Waals surface area contributed by atoms with Crippen LogP contribution in [0.1, 0.15) is 69.9 Å². The molecule has 0 radical (unpaired) electrons. The molecule has 0 bridgehead atoms. The van der Waals surface area contributed by atoms with Gasteiger partial charge in [0.1, 0.15) is 0 Å². The first kappa shape index (κ1) is 20.1. The van der Waals surface area contributed by atoms with Gasteiger partial charge in [0, 0.05) is 12.7 Å². The second kappa shape index (κ2) is 14.6. The van der Waals surface area contributed by atoms with E-state index in [1.165, 1.54) is 83.0 Å². The average molecular weight is 320 g/mol. The van der Waals surface area contributed by atoms with Gasteiger partial charge in [0.05, 0.1) is 5.69 Å². The topological polar surface area (TPSA) is 28.2 Å². The summed E-state index contributed by atoms with van der Waals surface area (Å²) in [5, 5.41) is 3.21. The van der Waals surface area contributed by atoms with Crippen LogP contribution in [0.2, 0.25) is 0 Å². The van der Waals surface area contributed by atoms with Crippen LogP contribution in [-0.4, -0.2) is 37.1 Å². The molecule has 0 spiro atoms. The number of hydrogen-bond donors (Lipinski definition) is 1. The quantitative estimate of drug-likeness (QED) is 0.478. The van der Waals surface area contributed by atoms with Crippen molar-refractivity contribution in [3.63, 3.8) is 0 Å². The van der Waals surface area contributed by atoms with Gasteiger partial charge in [-0.1, -0.05) is 57.4 Å². The highest BCUT2D eigenvalue weighted by atomic mass is 15.1. The second-order valence-corrected chi connectivity index (χ2v) is 6.70. The van der Waals surface area contributed by atoms with Crippen LogP contribution in [0, 0.1) is 0 Å². The van der Waals surface area contributed by atoms with E-state index in [-0.39, 0.29) is 0 Å². The maximum absolute atomic E-state index is 4.38. The summed E-state index contributed by atoms with van der Waals surface area (Å²) in [6.45, 7) is 3.32. The summed E-state index contributed by atoms with van der Waals surface area (Å²) in [7, 11) is 4.24. The second-order valence-electron chi connectivity index (χ2n) is 6.70. The fraction of sp³-hybridized carbons (Fsp3) is 0.750. The molecule has 3 nitrogen and oxygen atoms in total. The minimum Gasteiger partial charge on any atom is -0.320 e. The lowest BCUT2D eigenvalue weighted by atomic mass is 10.1. The molecule has 0 aliphatic heterocycles. The van der Waals surface area contributed by atoms with E-state index in [1.807, 2.05) is 19.3 Å². The van der Waals surface area contributed by atoms with E-state index in [2.05, 4.69) is 34.4 Å². The van der Waals surface area contributed by atoms with Crippen molar-refractivity contribution in [2.45, 2.75) is 70.8 Å². The molecular formula is C20H37N3. The Morgan fingerprint density at radius 2 is 1.48 bits per heavy atom. The normalized spacial score (nSPS) is 11.3. The van der Waals surface area contributed by atoms with Gasteiger partial charge in [-0.3, -0.25) is 4.98 Å². The third kappa shape index (κ3) is 12.2. The monoisotopic (exact) mass is 319 g/mol. The zero-order valence-electron chi connectivity index (χ0n) is 15.4. The molecule has 0 aromatic carbocycles. The number of unbranched alkanes of at least 4 members (excludes halogenated alkanes) is 9. The zero-order valence-corrected chi connectivity index (χ0v) is 15.4. The van der Waals surface area contributed by atoms with Crippen molar-refractivity contribution in [3.8, 4) is 0 Å². The van der Waals surface area contributed by atoms with E-state index in [0.29, 0.717) is 0 Å². The Morgan fingerprint density at radius 1 is 0.870 bits per heavy atom. The van der Waals surface area contributed by atoms with E-state index in [1.54, 1.807) is 0 Å². The molecule has 1 rings (SSSR count). The van der Waals surface area contributed by atoms with Gasteiger partial charge in [0.2, 0.25) is 0 Å². The molecule has 1 N–H and O–H groups in total. The Morgan fingerprint density at radius 3 is 2.04 bits per heavy atom. The van der Waals surface area contributed by atoms with Gasteiger partial charge in [-0.25, -0.2) is 0 Å². The van der Waals surface area contributed by atoms with E-state index >= 15 is 0 Å². The highest BCUT2D eigenvalue weighted by molar-refractivity contribution is 5.02. The van der Waals surface area contributed by atoms with Gasteiger partial charge in [0.15, 0.2) is 0 Å². The molecule has 0 saturated heterocycles. The Hall–Kier alpha value is -0.930. The largest absolute Gasteiger partial charge is 0.320 e. The third-order valence-electron chi connectivity index (χ3n) is 4.37. The average Bonchev–Trinajstić information content (AvgIpc) is 2.57. The number of nitrogens with one attached hydrogen (secondary N) is 1. The van der Waals surface area contributed by atoms with E-state index in [0.717, 1.165) is 6.54 Å². The van der Waals surface area contributed by atoms with Crippen LogP contribution in [-0.2, 0) is 6.54 Å². The number of aromatic nitrogens is 1. The Labute approximate surface area is 143 Å². The summed E-state index contributed by atoms with van der Waals surface area (Å²) in [4.78, 5) is 6.77. The van der Waals surface area contributed by atoms with Crippen molar-refractivity contribution in [2.75, 3.05) is 27.2 Å². The first-order valence-corrected chi connectivity index (χ1v) is 9.56. The van der Waals surface area contributed by atoms with Crippen LogP contribution in [0.3, 0.4) is 0 Å². The number of pyridine rings is 1. The first-order valence-electron chi connectivity index (χ1n) is 9.56. The van der Waals surface area contributed by atoms with Gasteiger partial charge in [-0.15, -0.1) is 0 Å². The molecule has 0 amide bonds. The number of nitrogens with zero attached hydrogens (tertiary/aromatic N) is 2. The Kier molecular flexibility index (Phi) is 12.8. The highest BCUT2D eigenvalue weighted by Crippen LogP contribution is 2.11. The number of hydrogen-bond acceptors (Lipinski definition) is 3. The molecular weight excluding hydrogens is 282 g/mol. The van der Waals surface area contributed by atoms with Crippen LogP contribution in [0.15, 0.2) is 24.4 Å². The minimum absolute atomic E-state index is 0.967. The van der Waals surface area contributed by atoms with Crippen molar-refractivity contribution < 1.29 is 0 Å². The van der Waals surface area contributed by atoms with Crippen LogP contribution in [0.25, 0.3) is 0 Å². The standard InChI is InChI=1S/C20H37N3/c1-21-16-12-9-7-5-3-4-6-8-10-14-18-23(2)19-20-15-11-13-17-22-20/h11,13,15,17,21H,3-10,12,14,16,18-19H2,1-2H3. The van der Waals surface area contributed by atoms with Gasteiger partial charge in [-0.05, 0) is 52.2 Å². The van der Waals surface area contributed by atoms with Gasteiger partial charge in [0.25, 0.3) is 0 Å².